The van der Waals surface area contributed by atoms with Crippen LogP contribution in [0, 0.1) is 23.4 Å². The van der Waals surface area contributed by atoms with Gasteiger partial charge in [0.1, 0.15) is 0 Å². The third-order valence-electron chi connectivity index (χ3n) is 2.13. The van der Waals surface area contributed by atoms with Crippen molar-refractivity contribution in [3.63, 3.8) is 0 Å². The molecule has 88 valence electrons. The number of benzene rings is 1. The molecule has 1 unspecified atom stereocenters. The lowest BCUT2D eigenvalue weighted by Crippen LogP contribution is -2.14. The highest BCUT2D eigenvalue weighted by atomic mass is 79.9. The lowest BCUT2D eigenvalue weighted by Gasteiger charge is -2.09. The first kappa shape index (κ1) is 13.0. The van der Waals surface area contributed by atoms with Crippen molar-refractivity contribution in [2.45, 2.75) is 13.3 Å². The average Bonchev–Trinajstić information content (AvgIpc) is 2.22. The molecule has 0 bridgehead atoms. The van der Waals surface area contributed by atoms with Gasteiger partial charge >= 0.3 is 5.97 Å². The molecule has 0 heterocycles. The Labute approximate surface area is 98.2 Å². The highest BCUT2D eigenvalue weighted by molar-refractivity contribution is 9.10. The quantitative estimate of drug-likeness (QED) is 0.687. The van der Waals surface area contributed by atoms with Crippen LogP contribution in [0.15, 0.2) is 10.5 Å². The first-order valence-corrected chi connectivity index (χ1v) is 5.18. The lowest BCUT2D eigenvalue weighted by atomic mass is 10.0. The van der Waals surface area contributed by atoms with E-state index in [0.717, 1.165) is 6.07 Å². The first-order valence-electron chi connectivity index (χ1n) is 4.39. The fourth-order valence-corrected chi connectivity index (χ4v) is 1.64. The summed E-state index contributed by atoms with van der Waals surface area (Å²) in [5.74, 6) is -6.24. The third-order valence-corrected chi connectivity index (χ3v) is 2.70. The Bertz CT molecular complexity index is 435. The van der Waals surface area contributed by atoms with Gasteiger partial charge in [0.2, 0.25) is 0 Å². The Morgan fingerprint density at radius 1 is 1.38 bits per heavy atom. The van der Waals surface area contributed by atoms with Crippen molar-refractivity contribution in [1.82, 2.24) is 0 Å². The number of carboxylic acids is 1. The largest absolute Gasteiger partial charge is 0.481 e. The number of hydrogen-bond donors (Lipinski definition) is 1. The number of carboxylic acid groups (broad SMARTS) is 1. The van der Waals surface area contributed by atoms with E-state index in [4.69, 9.17) is 5.11 Å². The molecule has 0 saturated heterocycles. The van der Waals surface area contributed by atoms with E-state index in [0.29, 0.717) is 0 Å². The van der Waals surface area contributed by atoms with Crippen molar-refractivity contribution < 1.29 is 23.1 Å². The van der Waals surface area contributed by atoms with Gasteiger partial charge in [-0.25, -0.2) is 13.2 Å². The molecule has 16 heavy (non-hydrogen) atoms. The second-order valence-electron chi connectivity index (χ2n) is 3.40. The van der Waals surface area contributed by atoms with Crippen LogP contribution in [0.2, 0.25) is 0 Å². The Hall–Kier alpha value is -1.04. The lowest BCUT2D eigenvalue weighted by molar-refractivity contribution is -0.141. The molecule has 0 saturated carbocycles. The van der Waals surface area contributed by atoms with Gasteiger partial charge in [0, 0.05) is 0 Å². The number of rotatable bonds is 3. The van der Waals surface area contributed by atoms with E-state index in [9.17, 15) is 18.0 Å². The smallest absolute Gasteiger partial charge is 0.306 e. The second kappa shape index (κ2) is 4.86. The molecule has 0 amide bonds. The molecule has 2 nitrogen and oxygen atoms in total. The molecular weight excluding hydrogens is 289 g/mol. The normalized spacial score (nSPS) is 12.6. The predicted octanol–water partition coefficient (Wildman–Crippen LogP) is 3.13. The van der Waals surface area contributed by atoms with E-state index in [1.54, 1.807) is 0 Å². The number of halogens is 4. The minimum atomic E-state index is -1.60. The van der Waals surface area contributed by atoms with Gasteiger partial charge in [-0.05, 0) is 34.0 Å². The fourth-order valence-electron chi connectivity index (χ4n) is 1.19. The van der Waals surface area contributed by atoms with Gasteiger partial charge in [0.15, 0.2) is 17.5 Å². The van der Waals surface area contributed by atoms with Crippen molar-refractivity contribution in [3.05, 3.63) is 33.6 Å². The van der Waals surface area contributed by atoms with E-state index in [2.05, 4.69) is 15.9 Å². The Kier molecular flexibility index (Phi) is 3.96. The van der Waals surface area contributed by atoms with Crippen molar-refractivity contribution in [2.75, 3.05) is 0 Å². The van der Waals surface area contributed by atoms with Crippen molar-refractivity contribution >= 4 is 21.9 Å². The van der Waals surface area contributed by atoms with Crippen molar-refractivity contribution in [3.8, 4) is 0 Å². The molecule has 0 aliphatic heterocycles. The Morgan fingerprint density at radius 3 is 2.44 bits per heavy atom. The molecule has 0 radical (unpaired) electrons. The molecule has 1 aromatic carbocycles. The van der Waals surface area contributed by atoms with E-state index in [1.165, 1.54) is 6.92 Å². The Morgan fingerprint density at radius 2 is 1.94 bits per heavy atom. The molecule has 0 fully saturated rings. The molecule has 1 atom stereocenters. The minimum absolute atomic E-state index is 0.166. The van der Waals surface area contributed by atoms with Crippen LogP contribution in [0.5, 0.6) is 0 Å². The molecule has 1 rings (SSSR count). The summed E-state index contributed by atoms with van der Waals surface area (Å²) in [5.41, 5.74) is -0.166. The average molecular weight is 297 g/mol. The highest BCUT2D eigenvalue weighted by Crippen LogP contribution is 2.25. The molecule has 6 heteroatoms. The van der Waals surface area contributed by atoms with E-state index in [-0.39, 0.29) is 16.5 Å². The highest BCUT2D eigenvalue weighted by Gasteiger charge is 2.20. The topological polar surface area (TPSA) is 37.3 Å². The van der Waals surface area contributed by atoms with Crippen LogP contribution >= 0.6 is 15.9 Å². The van der Waals surface area contributed by atoms with Gasteiger partial charge in [-0.2, -0.15) is 0 Å². The van der Waals surface area contributed by atoms with E-state index < -0.39 is 29.3 Å². The molecule has 0 aliphatic rings. The SMILES string of the molecule is CC(Cc1cc(Br)c(F)c(F)c1F)C(=O)O. The second-order valence-corrected chi connectivity index (χ2v) is 4.26. The summed E-state index contributed by atoms with van der Waals surface area (Å²) in [6.07, 6.45) is -0.197. The van der Waals surface area contributed by atoms with Gasteiger partial charge in [0.05, 0.1) is 10.4 Å². The third kappa shape index (κ3) is 2.55. The predicted molar refractivity (Wildman–Crippen MR) is 54.5 cm³/mol. The fraction of sp³-hybridized carbons (Fsp3) is 0.300. The van der Waals surface area contributed by atoms with E-state index >= 15 is 0 Å². The minimum Gasteiger partial charge on any atom is -0.481 e. The van der Waals surface area contributed by atoms with Crippen molar-refractivity contribution in [1.29, 1.82) is 0 Å². The molecule has 1 aromatic rings. The number of aliphatic carboxylic acids is 1. The summed E-state index contributed by atoms with van der Waals surface area (Å²) < 4.78 is 38.9. The molecule has 0 aliphatic carbocycles. The van der Waals surface area contributed by atoms with Crippen LogP contribution < -0.4 is 0 Å². The van der Waals surface area contributed by atoms with Crippen LogP contribution in [0.1, 0.15) is 12.5 Å². The zero-order chi connectivity index (χ0) is 12.5. The standard InChI is InChI=1S/C10H8BrF3O2/c1-4(10(15)16)2-5-3-6(11)8(13)9(14)7(5)12/h3-4H,2H2,1H3,(H,15,16). The molecular formula is C10H8BrF3O2. The monoisotopic (exact) mass is 296 g/mol. The zero-order valence-electron chi connectivity index (χ0n) is 8.23. The maximum absolute atomic E-state index is 13.2. The summed E-state index contributed by atoms with van der Waals surface area (Å²) in [6.45, 7) is 1.36. The maximum Gasteiger partial charge on any atom is 0.306 e. The summed E-state index contributed by atoms with van der Waals surface area (Å²) in [7, 11) is 0. The molecule has 0 aromatic heterocycles. The van der Waals surface area contributed by atoms with Gasteiger partial charge < -0.3 is 5.11 Å². The van der Waals surface area contributed by atoms with Crippen LogP contribution in [-0.2, 0) is 11.2 Å². The van der Waals surface area contributed by atoms with Crippen LogP contribution in [0.3, 0.4) is 0 Å². The molecule has 0 spiro atoms. The summed E-state index contributed by atoms with van der Waals surface area (Å²) in [4.78, 5) is 10.5. The van der Waals surface area contributed by atoms with Crippen LogP contribution in [0.25, 0.3) is 0 Å². The summed E-state index contributed by atoms with van der Waals surface area (Å²) in [6, 6.07) is 1.05. The molecule has 1 N–H and O–H groups in total. The Balaban J connectivity index is 3.11. The first-order chi connectivity index (χ1) is 7.34. The van der Waals surface area contributed by atoms with Gasteiger partial charge in [0.25, 0.3) is 0 Å². The van der Waals surface area contributed by atoms with Crippen molar-refractivity contribution in [2.24, 2.45) is 5.92 Å². The van der Waals surface area contributed by atoms with E-state index in [1.807, 2.05) is 0 Å². The zero-order valence-corrected chi connectivity index (χ0v) is 9.82. The van der Waals surface area contributed by atoms with Gasteiger partial charge in [-0.15, -0.1) is 0 Å². The van der Waals surface area contributed by atoms with Gasteiger partial charge in [-0.3, -0.25) is 4.79 Å². The summed E-state index contributed by atoms with van der Waals surface area (Å²) >= 11 is 2.73. The summed E-state index contributed by atoms with van der Waals surface area (Å²) in [5, 5.41) is 8.63. The number of carbonyl (C=O) groups is 1. The van der Waals surface area contributed by atoms with Gasteiger partial charge in [-0.1, -0.05) is 6.92 Å². The number of hydrogen-bond acceptors (Lipinski definition) is 1. The maximum atomic E-state index is 13.2. The van der Waals surface area contributed by atoms with Crippen LogP contribution in [0.4, 0.5) is 13.2 Å². The van der Waals surface area contributed by atoms with Crippen LogP contribution in [-0.4, -0.2) is 11.1 Å².